The number of benzene rings is 2. The quantitative estimate of drug-likeness (QED) is 0.270. The summed E-state index contributed by atoms with van der Waals surface area (Å²) in [5.41, 5.74) is 7.83. The van der Waals surface area contributed by atoms with E-state index in [0.717, 1.165) is 22.0 Å². The lowest BCUT2D eigenvalue weighted by Crippen LogP contribution is -2.69. The molecule has 1 fully saturated rings. The molecule has 3 amide bonds. The first-order valence-corrected chi connectivity index (χ1v) is 14.0. The number of nitrogens with two attached hydrogens (primary N) is 1. The minimum Gasteiger partial charge on any atom is -0.469 e. The van der Waals surface area contributed by atoms with Crippen molar-refractivity contribution in [3.05, 3.63) is 71.9 Å². The molecule has 0 spiro atoms. The van der Waals surface area contributed by atoms with Gasteiger partial charge in [0.15, 0.2) is 0 Å². The van der Waals surface area contributed by atoms with E-state index in [2.05, 4.69) is 15.6 Å². The van der Waals surface area contributed by atoms with Gasteiger partial charge in [0.2, 0.25) is 11.8 Å². The molecular weight excluding hydrogens is 538 g/mol. The van der Waals surface area contributed by atoms with E-state index < -0.39 is 53.6 Å². The summed E-state index contributed by atoms with van der Waals surface area (Å²) < 4.78 is 10.4. The molecule has 1 saturated heterocycles. The molecule has 224 valence electrons. The molecule has 42 heavy (non-hydrogen) atoms. The maximum Gasteiger partial charge on any atom is 0.407 e. The van der Waals surface area contributed by atoms with Gasteiger partial charge in [-0.3, -0.25) is 19.7 Å². The predicted octanol–water partition coefficient (Wildman–Crippen LogP) is 2.43. The number of rotatable bonds is 10. The van der Waals surface area contributed by atoms with Gasteiger partial charge in [-0.25, -0.2) is 4.79 Å². The molecule has 5 N–H and O–H groups in total. The third-order valence-electron chi connectivity index (χ3n) is 7.27. The van der Waals surface area contributed by atoms with Crippen LogP contribution >= 0.6 is 0 Å². The highest BCUT2D eigenvalue weighted by molar-refractivity contribution is 5.92. The second-order valence-corrected chi connectivity index (χ2v) is 11.5. The van der Waals surface area contributed by atoms with Gasteiger partial charge in [0.1, 0.15) is 11.6 Å². The second kappa shape index (κ2) is 13.1. The second-order valence-electron chi connectivity index (χ2n) is 11.5. The molecular formula is C31H39N5O6. The summed E-state index contributed by atoms with van der Waals surface area (Å²) in [6.07, 6.45) is 1.57. The summed E-state index contributed by atoms with van der Waals surface area (Å²) in [5, 5.41) is 7.23. The number of primary amides is 1. The van der Waals surface area contributed by atoms with Crippen molar-refractivity contribution >= 4 is 34.8 Å². The average molecular weight is 578 g/mol. The first kappa shape index (κ1) is 30.6. The van der Waals surface area contributed by atoms with Crippen LogP contribution in [0.1, 0.15) is 38.3 Å². The van der Waals surface area contributed by atoms with Crippen molar-refractivity contribution in [3.8, 4) is 0 Å². The Morgan fingerprint density at radius 1 is 1.07 bits per heavy atom. The van der Waals surface area contributed by atoms with Gasteiger partial charge >= 0.3 is 12.1 Å². The summed E-state index contributed by atoms with van der Waals surface area (Å²) >= 11 is 0. The van der Waals surface area contributed by atoms with Gasteiger partial charge in [0.05, 0.1) is 25.6 Å². The fraction of sp³-hybridized carbons (Fsp3) is 0.419. The van der Waals surface area contributed by atoms with Crippen molar-refractivity contribution < 1.29 is 28.7 Å². The fourth-order valence-corrected chi connectivity index (χ4v) is 5.30. The van der Waals surface area contributed by atoms with Crippen LogP contribution in [0.25, 0.3) is 10.9 Å². The van der Waals surface area contributed by atoms with E-state index in [-0.39, 0.29) is 19.4 Å². The van der Waals surface area contributed by atoms with Crippen molar-refractivity contribution in [2.45, 2.75) is 69.8 Å². The number of hydrogen-bond acceptors (Lipinski definition) is 7. The van der Waals surface area contributed by atoms with E-state index in [1.165, 1.54) is 12.0 Å². The van der Waals surface area contributed by atoms with E-state index >= 15 is 0 Å². The summed E-state index contributed by atoms with van der Waals surface area (Å²) in [4.78, 5) is 56.5. The molecule has 4 atom stereocenters. The third-order valence-corrected chi connectivity index (χ3v) is 7.27. The van der Waals surface area contributed by atoms with Crippen LogP contribution in [-0.4, -0.2) is 77.2 Å². The first-order valence-electron chi connectivity index (χ1n) is 14.0. The number of ether oxygens (including phenoxy) is 2. The normalized spacial score (nSPS) is 18.8. The number of fused-ring (bicyclic) bond motifs is 1. The van der Waals surface area contributed by atoms with Crippen LogP contribution in [0.4, 0.5) is 4.79 Å². The molecule has 0 saturated carbocycles. The highest BCUT2D eigenvalue weighted by Gasteiger charge is 2.43. The topological polar surface area (TPSA) is 156 Å². The highest BCUT2D eigenvalue weighted by atomic mass is 16.6. The van der Waals surface area contributed by atoms with Crippen LogP contribution in [0.2, 0.25) is 0 Å². The van der Waals surface area contributed by atoms with Crippen LogP contribution in [0.5, 0.6) is 0 Å². The number of aromatic amines is 1. The molecule has 0 radical (unpaired) electrons. The lowest BCUT2D eigenvalue weighted by Gasteiger charge is -2.44. The highest BCUT2D eigenvalue weighted by Crippen LogP contribution is 2.24. The Morgan fingerprint density at radius 2 is 1.76 bits per heavy atom. The maximum absolute atomic E-state index is 13.7. The number of aromatic nitrogens is 1. The van der Waals surface area contributed by atoms with Crippen molar-refractivity contribution in [1.82, 2.24) is 20.5 Å². The van der Waals surface area contributed by atoms with E-state index in [1.54, 1.807) is 20.8 Å². The largest absolute Gasteiger partial charge is 0.469 e. The summed E-state index contributed by atoms with van der Waals surface area (Å²) in [6, 6.07) is 13.9. The third kappa shape index (κ3) is 7.67. The van der Waals surface area contributed by atoms with Crippen LogP contribution in [0, 0.1) is 0 Å². The number of nitrogens with one attached hydrogen (secondary N) is 3. The van der Waals surface area contributed by atoms with Gasteiger partial charge in [-0.1, -0.05) is 48.5 Å². The number of esters is 1. The fourth-order valence-electron chi connectivity index (χ4n) is 5.30. The molecule has 4 rings (SSSR count). The smallest absolute Gasteiger partial charge is 0.407 e. The SMILES string of the molecule is COC(=O)C[C@@H]1N[C@@H]([C@H](Cc2c[nH]c3ccccc23)NC(=O)OC(C)(C)C)CN([C@@H](Cc2ccccc2)C(N)=O)C1=O. The molecule has 2 heterocycles. The standard InChI is InChI=1S/C31H39N5O6/c1-31(2,3)42-30(40)35-23(15-20-17-33-22-13-9-8-12-21(20)22)25-18-36(29(39)24(34-25)16-27(37)41-4)26(28(32)38)14-19-10-6-5-7-11-19/h5-13,17,23-26,33-34H,14-16,18H2,1-4H3,(H2,32,38)(H,35,40)/t23-,24-,25+,26-/m0/s1. The van der Waals surface area contributed by atoms with E-state index in [9.17, 15) is 19.2 Å². The molecule has 0 aliphatic carbocycles. The van der Waals surface area contributed by atoms with Crippen molar-refractivity contribution in [1.29, 1.82) is 0 Å². The van der Waals surface area contributed by atoms with Gasteiger partial charge in [-0.2, -0.15) is 0 Å². The first-order chi connectivity index (χ1) is 19.9. The summed E-state index contributed by atoms with van der Waals surface area (Å²) in [6.45, 7) is 5.37. The Kier molecular flexibility index (Phi) is 9.52. The van der Waals surface area contributed by atoms with Crippen molar-refractivity contribution in [3.63, 3.8) is 0 Å². The number of nitrogens with zero attached hydrogens (tertiary/aromatic N) is 1. The minimum atomic E-state index is -1.00. The Morgan fingerprint density at radius 3 is 2.43 bits per heavy atom. The lowest BCUT2D eigenvalue weighted by molar-refractivity contribution is -0.150. The molecule has 11 nitrogen and oxygen atoms in total. The molecule has 3 aromatic rings. The Bertz CT molecular complexity index is 1420. The van der Waals surface area contributed by atoms with Crippen LogP contribution in [-0.2, 0) is 36.7 Å². The molecule has 1 aliphatic rings. The van der Waals surface area contributed by atoms with Gasteiger partial charge in [-0.15, -0.1) is 0 Å². The zero-order valence-electron chi connectivity index (χ0n) is 24.4. The Labute approximate surface area is 245 Å². The Balaban J connectivity index is 1.70. The number of amides is 3. The molecule has 2 aromatic carbocycles. The van der Waals surface area contributed by atoms with Crippen molar-refractivity contribution in [2.24, 2.45) is 5.73 Å². The van der Waals surface area contributed by atoms with Crippen LogP contribution < -0.4 is 16.4 Å². The number of methoxy groups -OCH3 is 1. The zero-order valence-corrected chi connectivity index (χ0v) is 24.4. The van der Waals surface area contributed by atoms with Gasteiger partial charge < -0.3 is 30.4 Å². The molecule has 0 unspecified atom stereocenters. The van der Waals surface area contributed by atoms with Gasteiger partial charge in [-0.05, 0) is 44.4 Å². The van der Waals surface area contributed by atoms with E-state index in [0.29, 0.717) is 6.42 Å². The monoisotopic (exact) mass is 577 g/mol. The number of alkyl carbamates (subject to hydrolysis) is 1. The molecule has 1 aromatic heterocycles. The maximum atomic E-state index is 13.7. The lowest BCUT2D eigenvalue weighted by atomic mass is 9.92. The molecule has 11 heteroatoms. The van der Waals surface area contributed by atoms with Gasteiger partial charge in [0, 0.05) is 36.1 Å². The number of para-hydroxylation sites is 1. The van der Waals surface area contributed by atoms with Gasteiger partial charge in [0.25, 0.3) is 0 Å². The number of hydrogen-bond donors (Lipinski definition) is 4. The van der Waals surface area contributed by atoms with E-state index in [1.807, 2.05) is 60.8 Å². The van der Waals surface area contributed by atoms with E-state index in [4.69, 9.17) is 15.2 Å². The number of H-pyrrole nitrogens is 1. The minimum absolute atomic E-state index is 0.0553. The number of carbonyl (C=O) groups excluding carboxylic acids is 4. The number of carbonyl (C=O) groups is 4. The Hall–Kier alpha value is -4.38. The van der Waals surface area contributed by atoms with Crippen LogP contribution in [0.3, 0.4) is 0 Å². The summed E-state index contributed by atoms with van der Waals surface area (Å²) in [5.74, 6) is -1.70. The summed E-state index contributed by atoms with van der Waals surface area (Å²) in [7, 11) is 1.25. The van der Waals surface area contributed by atoms with Crippen LogP contribution in [0.15, 0.2) is 60.8 Å². The zero-order chi connectivity index (χ0) is 30.4. The average Bonchev–Trinajstić information content (AvgIpc) is 3.34. The predicted molar refractivity (Wildman–Crippen MR) is 157 cm³/mol. The molecule has 1 aliphatic heterocycles. The van der Waals surface area contributed by atoms with Crippen molar-refractivity contribution in [2.75, 3.05) is 13.7 Å². The number of piperazine rings is 1. The molecule has 0 bridgehead atoms.